The van der Waals surface area contributed by atoms with Crippen LogP contribution in [0.15, 0.2) is 48.8 Å². The van der Waals surface area contributed by atoms with E-state index in [9.17, 15) is 4.79 Å². The molecular formula is C14H13ClN2O. The normalized spacial score (nSPS) is 10.1. The van der Waals surface area contributed by atoms with Crippen molar-refractivity contribution in [3.05, 3.63) is 65.5 Å². The summed E-state index contributed by atoms with van der Waals surface area (Å²) in [5.41, 5.74) is 2.68. The average molecular weight is 261 g/mol. The number of alkyl halides is 1. The Morgan fingerprint density at radius 3 is 2.50 bits per heavy atom. The Balaban J connectivity index is 1.93. The molecule has 0 saturated heterocycles. The molecule has 1 aromatic heterocycles. The molecule has 0 fully saturated rings. The first-order valence-electron chi connectivity index (χ1n) is 5.61. The van der Waals surface area contributed by atoms with Crippen LogP contribution >= 0.6 is 11.6 Å². The summed E-state index contributed by atoms with van der Waals surface area (Å²) in [4.78, 5) is 15.7. The molecule has 0 saturated carbocycles. The van der Waals surface area contributed by atoms with Gasteiger partial charge in [-0.1, -0.05) is 24.3 Å². The second kappa shape index (κ2) is 6.17. The predicted octanol–water partition coefficient (Wildman–Crippen LogP) is 2.75. The first-order chi connectivity index (χ1) is 8.79. The number of carbonyl (C=O) groups is 1. The Kier molecular flexibility index (Phi) is 4.31. The molecule has 92 valence electrons. The van der Waals surface area contributed by atoms with Crippen molar-refractivity contribution in [2.24, 2.45) is 0 Å². The van der Waals surface area contributed by atoms with Gasteiger partial charge in [-0.2, -0.15) is 0 Å². The highest BCUT2D eigenvalue weighted by Gasteiger charge is 2.04. The van der Waals surface area contributed by atoms with Crippen LogP contribution in [-0.4, -0.2) is 10.9 Å². The van der Waals surface area contributed by atoms with E-state index in [4.69, 9.17) is 11.6 Å². The third-order valence-corrected chi connectivity index (χ3v) is 2.86. The van der Waals surface area contributed by atoms with Crippen LogP contribution in [0.25, 0.3) is 0 Å². The van der Waals surface area contributed by atoms with Gasteiger partial charge >= 0.3 is 0 Å². The second-order valence-electron chi connectivity index (χ2n) is 3.87. The molecule has 0 radical (unpaired) electrons. The fourth-order valence-corrected chi connectivity index (χ4v) is 1.71. The molecule has 0 aliphatic heterocycles. The number of rotatable bonds is 4. The molecule has 0 spiro atoms. The van der Waals surface area contributed by atoms with Gasteiger partial charge in [0.05, 0.1) is 5.56 Å². The summed E-state index contributed by atoms with van der Waals surface area (Å²) in [5.74, 6) is 0.381. The lowest BCUT2D eigenvalue weighted by Gasteiger charge is -2.05. The molecule has 2 aromatic rings. The van der Waals surface area contributed by atoms with Crippen LogP contribution in [0.4, 0.5) is 0 Å². The number of nitrogens with zero attached hydrogens (tertiary/aromatic N) is 1. The molecule has 0 atom stereocenters. The molecule has 0 aliphatic carbocycles. The van der Waals surface area contributed by atoms with Crippen molar-refractivity contribution in [3.8, 4) is 0 Å². The van der Waals surface area contributed by atoms with Gasteiger partial charge in [0.15, 0.2) is 0 Å². The molecule has 2 rings (SSSR count). The number of pyridine rings is 1. The molecule has 1 amide bonds. The van der Waals surface area contributed by atoms with E-state index in [1.54, 1.807) is 24.5 Å². The number of aromatic nitrogens is 1. The Hall–Kier alpha value is -1.87. The largest absolute Gasteiger partial charge is 0.348 e. The first-order valence-corrected chi connectivity index (χ1v) is 6.15. The van der Waals surface area contributed by atoms with Crippen molar-refractivity contribution in [2.45, 2.75) is 12.4 Å². The minimum absolute atomic E-state index is 0.121. The molecule has 1 aromatic carbocycles. The third kappa shape index (κ3) is 3.31. The maximum atomic E-state index is 11.8. The predicted molar refractivity (Wildman–Crippen MR) is 71.4 cm³/mol. The van der Waals surface area contributed by atoms with E-state index >= 15 is 0 Å². The number of benzene rings is 1. The van der Waals surface area contributed by atoms with Crippen molar-refractivity contribution < 1.29 is 4.79 Å². The lowest BCUT2D eigenvalue weighted by molar-refractivity contribution is 0.0950. The van der Waals surface area contributed by atoms with Crippen LogP contribution in [-0.2, 0) is 12.4 Å². The molecule has 0 bridgehead atoms. The van der Waals surface area contributed by atoms with Crippen LogP contribution < -0.4 is 5.32 Å². The van der Waals surface area contributed by atoms with E-state index in [0.717, 1.165) is 11.1 Å². The van der Waals surface area contributed by atoms with Crippen molar-refractivity contribution in [1.82, 2.24) is 10.3 Å². The minimum Gasteiger partial charge on any atom is -0.348 e. The number of nitrogens with one attached hydrogen (secondary N) is 1. The summed E-state index contributed by atoms with van der Waals surface area (Å²) in [7, 11) is 0. The van der Waals surface area contributed by atoms with Gasteiger partial charge in [0.1, 0.15) is 0 Å². The van der Waals surface area contributed by atoms with Crippen LogP contribution in [0, 0.1) is 0 Å². The zero-order valence-electron chi connectivity index (χ0n) is 9.77. The zero-order chi connectivity index (χ0) is 12.8. The van der Waals surface area contributed by atoms with Crippen LogP contribution in [0.3, 0.4) is 0 Å². The summed E-state index contributed by atoms with van der Waals surface area (Å²) < 4.78 is 0. The maximum absolute atomic E-state index is 11.8. The molecular weight excluding hydrogens is 248 g/mol. The van der Waals surface area contributed by atoms with Gasteiger partial charge in [-0.3, -0.25) is 9.78 Å². The number of amides is 1. The fourth-order valence-electron chi connectivity index (χ4n) is 1.53. The number of carbonyl (C=O) groups excluding carboxylic acids is 1. The number of halogens is 1. The molecule has 1 heterocycles. The first kappa shape index (κ1) is 12.6. The van der Waals surface area contributed by atoms with Crippen LogP contribution in [0.2, 0.25) is 0 Å². The average Bonchev–Trinajstić information content (AvgIpc) is 2.46. The SMILES string of the molecule is O=C(NCc1ccc(CCl)cc1)c1cccnc1. The van der Waals surface area contributed by atoms with Crippen LogP contribution in [0.1, 0.15) is 21.5 Å². The van der Waals surface area contributed by atoms with Crippen LogP contribution in [0.5, 0.6) is 0 Å². The smallest absolute Gasteiger partial charge is 0.253 e. The van der Waals surface area contributed by atoms with Gasteiger partial charge in [-0.15, -0.1) is 11.6 Å². The monoisotopic (exact) mass is 260 g/mol. The Bertz CT molecular complexity index is 511. The molecule has 0 aliphatic rings. The summed E-state index contributed by atoms with van der Waals surface area (Å²) in [6.07, 6.45) is 3.19. The van der Waals surface area contributed by atoms with Gasteiger partial charge < -0.3 is 5.32 Å². The molecule has 4 heteroatoms. The minimum atomic E-state index is -0.121. The van der Waals surface area contributed by atoms with E-state index in [2.05, 4.69) is 10.3 Å². The summed E-state index contributed by atoms with van der Waals surface area (Å²) in [6.45, 7) is 0.496. The van der Waals surface area contributed by atoms with Crippen molar-refractivity contribution in [2.75, 3.05) is 0 Å². The molecule has 18 heavy (non-hydrogen) atoms. The molecule has 3 nitrogen and oxygen atoms in total. The lowest BCUT2D eigenvalue weighted by Crippen LogP contribution is -2.22. The highest BCUT2D eigenvalue weighted by atomic mass is 35.5. The van der Waals surface area contributed by atoms with Crippen molar-refractivity contribution in [1.29, 1.82) is 0 Å². The van der Waals surface area contributed by atoms with Crippen molar-refractivity contribution in [3.63, 3.8) is 0 Å². The second-order valence-corrected chi connectivity index (χ2v) is 4.14. The summed E-state index contributed by atoms with van der Waals surface area (Å²) in [6, 6.07) is 11.3. The standard InChI is InChI=1S/C14H13ClN2O/c15-8-11-3-5-12(6-4-11)9-17-14(18)13-2-1-7-16-10-13/h1-7,10H,8-9H2,(H,17,18). The van der Waals surface area contributed by atoms with Gasteiger partial charge in [0, 0.05) is 24.8 Å². The highest BCUT2D eigenvalue weighted by molar-refractivity contribution is 6.17. The van der Waals surface area contributed by atoms with Gasteiger partial charge in [-0.05, 0) is 23.3 Å². The fraction of sp³-hybridized carbons (Fsp3) is 0.143. The van der Waals surface area contributed by atoms with Gasteiger partial charge in [-0.25, -0.2) is 0 Å². The quantitative estimate of drug-likeness (QED) is 0.859. The summed E-state index contributed by atoms with van der Waals surface area (Å²) >= 11 is 5.71. The van der Waals surface area contributed by atoms with Gasteiger partial charge in [0.25, 0.3) is 5.91 Å². The Morgan fingerprint density at radius 1 is 1.17 bits per heavy atom. The van der Waals surface area contributed by atoms with E-state index in [1.807, 2.05) is 24.3 Å². The Morgan fingerprint density at radius 2 is 1.89 bits per heavy atom. The van der Waals surface area contributed by atoms with Crippen molar-refractivity contribution >= 4 is 17.5 Å². The lowest BCUT2D eigenvalue weighted by atomic mass is 10.1. The van der Waals surface area contributed by atoms with E-state index in [-0.39, 0.29) is 5.91 Å². The van der Waals surface area contributed by atoms with E-state index in [1.165, 1.54) is 0 Å². The topological polar surface area (TPSA) is 42.0 Å². The molecule has 1 N–H and O–H groups in total. The van der Waals surface area contributed by atoms with E-state index < -0.39 is 0 Å². The van der Waals surface area contributed by atoms with E-state index in [0.29, 0.717) is 18.0 Å². The maximum Gasteiger partial charge on any atom is 0.253 e. The highest BCUT2D eigenvalue weighted by Crippen LogP contribution is 2.07. The summed E-state index contributed by atoms with van der Waals surface area (Å²) in [5, 5.41) is 2.84. The number of hydrogen-bond acceptors (Lipinski definition) is 2. The number of hydrogen-bond donors (Lipinski definition) is 1. The third-order valence-electron chi connectivity index (χ3n) is 2.55. The zero-order valence-corrected chi connectivity index (χ0v) is 10.5. The van der Waals surface area contributed by atoms with Gasteiger partial charge in [0.2, 0.25) is 0 Å². The Labute approximate surface area is 111 Å². The molecule has 0 unspecified atom stereocenters.